The summed E-state index contributed by atoms with van der Waals surface area (Å²) in [5.41, 5.74) is 0.994. The van der Waals surface area contributed by atoms with E-state index in [9.17, 15) is 0 Å². The first-order valence-corrected chi connectivity index (χ1v) is 4.78. The molecular formula is C7H5Br2NO. The van der Waals surface area contributed by atoms with E-state index in [4.69, 9.17) is 4.74 Å². The van der Waals surface area contributed by atoms with Crippen LogP contribution < -0.4 is 0 Å². The topological polar surface area (TPSA) is 25.4 Å². The van der Waals surface area contributed by atoms with Gasteiger partial charge in [-0.3, -0.25) is 4.98 Å². The van der Waals surface area contributed by atoms with Crippen molar-refractivity contribution in [3.05, 3.63) is 26.9 Å². The molecule has 2 heterocycles. The van der Waals surface area contributed by atoms with Gasteiger partial charge in [-0.15, -0.1) is 0 Å². The Balaban J connectivity index is 2.39. The van der Waals surface area contributed by atoms with Crippen molar-refractivity contribution in [3.63, 3.8) is 0 Å². The molecule has 2 nitrogen and oxygen atoms in total. The molecule has 4 heteroatoms. The van der Waals surface area contributed by atoms with Crippen molar-refractivity contribution in [1.82, 2.24) is 4.98 Å². The number of hydrogen-bond donors (Lipinski definition) is 0. The van der Waals surface area contributed by atoms with Gasteiger partial charge in [-0.2, -0.15) is 0 Å². The Morgan fingerprint density at radius 2 is 2.27 bits per heavy atom. The lowest BCUT2D eigenvalue weighted by molar-refractivity contribution is 0.410. The Hall–Kier alpha value is 0.0700. The molecule has 1 aromatic heterocycles. The van der Waals surface area contributed by atoms with Gasteiger partial charge in [-0.25, -0.2) is 0 Å². The van der Waals surface area contributed by atoms with Crippen LogP contribution in [0.25, 0.3) is 0 Å². The van der Waals surface area contributed by atoms with Crippen molar-refractivity contribution in [2.24, 2.45) is 0 Å². The van der Waals surface area contributed by atoms with Gasteiger partial charge in [0.2, 0.25) is 0 Å². The van der Waals surface area contributed by atoms with Crippen LogP contribution in [0.15, 0.2) is 21.2 Å². The van der Waals surface area contributed by atoms with E-state index in [2.05, 4.69) is 36.8 Å². The second-order valence-corrected chi connectivity index (χ2v) is 4.11. The number of hydrogen-bond acceptors (Lipinski definition) is 2. The predicted molar refractivity (Wildman–Crippen MR) is 48.3 cm³/mol. The number of epoxide rings is 1. The number of rotatable bonds is 1. The minimum atomic E-state index is 0.220. The van der Waals surface area contributed by atoms with Gasteiger partial charge in [-0.05, 0) is 37.9 Å². The largest absolute Gasteiger partial charge is 0.366 e. The molecule has 0 N–H and O–H groups in total. The molecule has 1 saturated heterocycles. The summed E-state index contributed by atoms with van der Waals surface area (Å²) in [4.78, 5) is 4.22. The smallest absolute Gasteiger partial charge is 0.124 e. The van der Waals surface area contributed by atoms with Crippen molar-refractivity contribution >= 4 is 31.9 Å². The highest BCUT2D eigenvalue weighted by atomic mass is 79.9. The molecule has 1 atom stereocenters. The van der Waals surface area contributed by atoms with Gasteiger partial charge in [-0.1, -0.05) is 0 Å². The van der Waals surface area contributed by atoms with E-state index in [1.54, 1.807) is 6.20 Å². The monoisotopic (exact) mass is 277 g/mol. The van der Waals surface area contributed by atoms with Crippen LogP contribution in [0.4, 0.5) is 0 Å². The van der Waals surface area contributed by atoms with Crippen LogP contribution in [0, 0.1) is 0 Å². The first-order valence-electron chi connectivity index (χ1n) is 3.20. The minimum Gasteiger partial charge on any atom is -0.366 e. The summed E-state index contributed by atoms with van der Waals surface area (Å²) in [5, 5.41) is 0. The van der Waals surface area contributed by atoms with Gasteiger partial charge in [0.15, 0.2) is 0 Å². The van der Waals surface area contributed by atoms with E-state index in [0.717, 1.165) is 21.2 Å². The van der Waals surface area contributed by atoms with E-state index in [1.165, 1.54) is 0 Å². The molecule has 0 spiro atoms. The molecule has 1 fully saturated rings. The highest BCUT2D eigenvalue weighted by Crippen LogP contribution is 2.34. The van der Waals surface area contributed by atoms with Crippen LogP contribution >= 0.6 is 31.9 Å². The van der Waals surface area contributed by atoms with Crippen LogP contribution in [-0.4, -0.2) is 11.6 Å². The van der Waals surface area contributed by atoms with E-state index >= 15 is 0 Å². The fraction of sp³-hybridized carbons (Fsp3) is 0.286. The number of nitrogens with zero attached hydrogens (tertiary/aromatic N) is 1. The highest BCUT2D eigenvalue weighted by Gasteiger charge is 2.28. The van der Waals surface area contributed by atoms with Crippen molar-refractivity contribution < 1.29 is 4.74 Å². The van der Waals surface area contributed by atoms with Crippen molar-refractivity contribution in [2.45, 2.75) is 6.10 Å². The third-order valence-electron chi connectivity index (χ3n) is 1.47. The first-order chi connectivity index (χ1) is 5.27. The SMILES string of the molecule is Brc1cnc(C2CO2)c(Br)c1. The van der Waals surface area contributed by atoms with Gasteiger partial charge >= 0.3 is 0 Å². The predicted octanol–water partition coefficient (Wildman–Crippen LogP) is 2.68. The van der Waals surface area contributed by atoms with Gasteiger partial charge in [0, 0.05) is 15.1 Å². The lowest BCUT2D eigenvalue weighted by Crippen LogP contribution is -1.87. The normalized spacial score (nSPS) is 21.8. The highest BCUT2D eigenvalue weighted by molar-refractivity contribution is 9.11. The van der Waals surface area contributed by atoms with Crippen LogP contribution in [0.1, 0.15) is 11.8 Å². The van der Waals surface area contributed by atoms with Gasteiger partial charge < -0.3 is 4.74 Å². The van der Waals surface area contributed by atoms with Crippen LogP contribution in [0.5, 0.6) is 0 Å². The Morgan fingerprint density at radius 1 is 1.55 bits per heavy atom. The molecule has 0 aromatic carbocycles. The van der Waals surface area contributed by atoms with Crippen LogP contribution in [0.2, 0.25) is 0 Å². The lowest BCUT2D eigenvalue weighted by atomic mass is 10.3. The van der Waals surface area contributed by atoms with Crippen molar-refractivity contribution in [2.75, 3.05) is 6.61 Å². The second-order valence-electron chi connectivity index (χ2n) is 2.34. The molecule has 1 aliphatic rings. The second kappa shape index (κ2) is 2.84. The Labute approximate surface area is 81.2 Å². The van der Waals surface area contributed by atoms with Crippen LogP contribution in [0.3, 0.4) is 0 Å². The number of pyridine rings is 1. The average Bonchev–Trinajstić information content (AvgIpc) is 2.70. The molecular weight excluding hydrogens is 274 g/mol. The minimum absolute atomic E-state index is 0.220. The maximum absolute atomic E-state index is 5.11. The summed E-state index contributed by atoms with van der Waals surface area (Å²) < 4.78 is 7.10. The summed E-state index contributed by atoms with van der Waals surface area (Å²) in [6.07, 6.45) is 2.00. The molecule has 58 valence electrons. The third-order valence-corrected chi connectivity index (χ3v) is 2.54. The fourth-order valence-corrected chi connectivity index (χ4v) is 2.11. The zero-order chi connectivity index (χ0) is 7.84. The third kappa shape index (κ3) is 1.63. The van der Waals surface area contributed by atoms with Gasteiger partial charge in [0.05, 0.1) is 12.3 Å². The number of halogens is 2. The molecule has 2 rings (SSSR count). The average molecular weight is 279 g/mol. The van der Waals surface area contributed by atoms with Crippen molar-refractivity contribution in [3.8, 4) is 0 Å². The van der Waals surface area contributed by atoms with E-state index in [0.29, 0.717) is 0 Å². The van der Waals surface area contributed by atoms with E-state index < -0.39 is 0 Å². The van der Waals surface area contributed by atoms with E-state index in [-0.39, 0.29) is 6.10 Å². The molecule has 0 radical (unpaired) electrons. The number of ether oxygens (including phenoxy) is 1. The molecule has 0 amide bonds. The Kier molecular flexibility index (Phi) is 1.99. The maximum Gasteiger partial charge on any atom is 0.124 e. The summed E-state index contributed by atoms with van der Waals surface area (Å²) in [6.45, 7) is 0.799. The number of aromatic nitrogens is 1. The molecule has 1 aromatic rings. The molecule has 0 aliphatic carbocycles. The lowest BCUT2D eigenvalue weighted by Gasteiger charge is -1.98. The zero-order valence-electron chi connectivity index (χ0n) is 5.55. The summed E-state index contributed by atoms with van der Waals surface area (Å²) in [5.74, 6) is 0. The maximum atomic E-state index is 5.11. The zero-order valence-corrected chi connectivity index (χ0v) is 8.72. The Bertz CT molecular complexity index is 286. The summed E-state index contributed by atoms with van der Waals surface area (Å²) >= 11 is 6.75. The van der Waals surface area contributed by atoms with Gasteiger partial charge in [0.25, 0.3) is 0 Å². The standard InChI is InChI=1S/C7H5Br2NO/c8-4-1-5(9)7(10-2-4)6-3-11-6/h1-2,6H,3H2. The summed E-state index contributed by atoms with van der Waals surface area (Å²) in [6, 6.07) is 1.98. The molecule has 1 aliphatic heterocycles. The van der Waals surface area contributed by atoms with Gasteiger partial charge in [0.1, 0.15) is 6.10 Å². The first kappa shape index (κ1) is 7.71. The Morgan fingerprint density at radius 3 is 2.82 bits per heavy atom. The molecule has 1 unspecified atom stereocenters. The van der Waals surface area contributed by atoms with Crippen molar-refractivity contribution in [1.29, 1.82) is 0 Å². The fourth-order valence-electron chi connectivity index (χ4n) is 0.868. The molecule has 0 bridgehead atoms. The molecule has 11 heavy (non-hydrogen) atoms. The quantitative estimate of drug-likeness (QED) is 0.738. The molecule has 0 saturated carbocycles. The van der Waals surface area contributed by atoms with Crippen LogP contribution in [-0.2, 0) is 4.74 Å². The summed E-state index contributed by atoms with van der Waals surface area (Å²) in [7, 11) is 0. The van der Waals surface area contributed by atoms with E-state index in [1.807, 2.05) is 6.07 Å².